The van der Waals surface area contributed by atoms with Gasteiger partial charge in [0.15, 0.2) is 0 Å². The molecule has 2 heteroatoms. The quantitative estimate of drug-likeness (QED) is 0.885. The first kappa shape index (κ1) is 13.6. The monoisotopic (exact) mass is 254 g/mol. The summed E-state index contributed by atoms with van der Waals surface area (Å²) in [5, 5.41) is 0. The molecule has 2 N–H and O–H groups in total. The van der Waals surface area contributed by atoms with Gasteiger partial charge in [-0.05, 0) is 36.6 Å². The van der Waals surface area contributed by atoms with Gasteiger partial charge < -0.3 is 10.6 Å². The third-order valence-corrected chi connectivity index (χ3v) is 3.47. The maximum absolute atomic E-state index is 5.63. The van der Waals surface area contributed by atoms with Crippen LogP contribution in [0.5, 0.6) is 0 Å². The molecule has 2 nitrogen and oxygen atoms in total. The molecule has 100 valence electrons. The lowest BCUT2D eigenvalue weighted by Gasteiger charge is -2.25. The first-order valence-corrected chi connectivity index (χ1v) is 6.83. The summed E-state index contributed by atoms with van der Waals surface area (Å²) in [5.41, 5.74) is 10.8. The van der Waals surface area contributed by atoms with E-state index in [9.17, 15) is 0 Å². The van der Waals surface area contributed by atoms with Crippen LogP contribution in [0.1, 0.15) is 23.6 Å². The van der Waals surface area contributed by atoms with Gasteiger partial charge in [0, 0.05) is 25.3 Å². The number of rotatable bonds is 5. The average Bonchev–Trinajstić information content (AvgIpc) is 2.46. The van der Waals surface area contributed by atoms with Crippen molar-refractivity contribution in [3.05, 3.63) is 65.2 Å². The molecule has 0 amide bonds. The van der Waals surface area contributed by atoms with Gasteiger partial charge in [0.25, 0.3) is 0 Å². The number of hydrogen-bond donors (Lipinski definition) is 1. The van der Waals surface area contributed by atoms with Gasteiger partial charge in [0.1, 0.15) is 0 Å². The van der Waals surface area contributed by atoms with Crippen molar-refractivity contribution in [2.24, 2.45) is 5.73 Å². The van der Waals surface area contributed by atoms with E-state index in [-0.39, 0.29) is 0 Å². The largest absolute Gasteiger partial charge is 0.367 e. The van der Waals surface area contributed by atoms with Crippen molar-refractivity contribution in [1.82, 2.24) is 0 Å². The maximum Gasteiger partial charge on any atom is 0.0429 e. The molecule has 0 aliphatic rings. The van der Waals surface area contributed by atoms with Gasteiger partial charge in [0.2, 0.25) is 0 Å². The summed E-state index contributed by atoms with van der Waals surface area (Å²) in [4.78, 5) is 2.40. The highest BCUT2D eigenvalue weighted by Gasteiger charge is 2.07. The number of hydrogen-bond acceptors (Lipinski definition) is 2. The highest BCUT2D eigenvalue weighted by atomic mass is 15.1. The van der Waals surface area contributed by atoms with Crippen LogP contribution >= 0.6 is 0 Å². The fourth-order valence-corrected chi connectivity index (χ4v) is 2.29. The fraction of sp³-hybridized carbons (Fsp3) is 0.294. The van der Waals surface area contributed by atoms with Gasteiger partial charge in [-0.1, -0.05) is 42.5 Å². The topological polar surface area (TPSA) is 29.3 Å². The highest BCUT2D eigenvalue weighted by Crippen LogP contribution is 2.21. The van der Waals surface area contributed by atoms with Crippen LogP contribution in [-0.4, -0.2) is 6.54 Å². The van der Waals surface area contributed by atoms with E-state index in [1.165, 1.54) is 22.4 Å². The van der Waals surface area contributed by atoms with Crippen LogP contribution in [0.2, 0.25) is 0 Å². The highest BCUT2D eigenvalue weighted by molar-refractivity contribution is 5.53. The van der Waals surface area contributed by atoms with E-state index in [1.54, 1.807) is 0 Å². The molecule has 0 aliphatic carbocycles. The third-order valence-electron chi connectivity index (χ3n) is 3.47. The maximum atomic E-state index is 5.63. The molecule has 0 spiro atoms. The Labute approximate surface area is 115 Å². The second-order valence-corrected chi connectivity index (χ2v) is 4.82. The molecule has 0 aromatic heterocycles. The first-order valence-electron chi connectivity index (χ1n) is 6.83. The predicted molar refractivity (Wildman–Crippen MR) is 82.2 cm³/mol. The van der Waals surface area contributed by atoms with Crippen LogP contribution in [0.4, 0.5) is 5.69 Å². The van der Waals surface area contributed by atoms with Gasteiger partial charge in [-0.25, -0.2) is 0 Å². The van der Waals surface area contributed by atoms with Crippen LogP contribution < -0.4 is 10.6 Å². The Morgan fingerprint density at radius 2 is 1.58 bits per heavy atom. The zero-order valence-corrected chi connectivity index (χ0v) is 11.8. The van der Waals surface area contributed by atoms with E-state index in [1.807, 2.05) is 0 Å². The van der Waals surface area contributed by atoms with Crippen LogP contribution in [-0.2, 0) is 13.1 Å². The minimum atomic E-state index is 0.607. The Bertz CT molecular complexity index is 517. The lowest BCUT2D eigenvalue weighted by atomic mass is 10.1. The summed E-state index contributed by atoms with van der Waals surface area (Å²) < 4.78 is 0. The van der Waals surface area contributed by atoms with E-state index >= 15 is 0 Å². The fourth-order valence-electron chi connectivity index (χ4n) is 2.29. The molecule has 2 rings (SSSR count). The molecule has 0 radical (unpaired) electrons. The molecule has 2 aromatic carbocycles. The lowest BCUT2D eigenvalue weighted by molar-refractivity contribution is 0.827. The molecule has 0 heterocycles. The lowest BCUT2D eigenvalue weighted by Crippen LogP contribution is -2.22. The van der Waals surface area contributed by atoms with Gasteiger partial charge in [-0.15, -0.1) is 0 Å². The van der Waals surface area contributed by atoms with E-state index in [4.69, 9.17) is 5.73 Å². The normalized spacial score (nSPS) is 10.5. The number of benzene rings is 2. The zero-order valence-electron chi connectivity index (χ0n) is 11.8. The van der Waals surface area contributed by atoms with Crippen molar-refractivity contribution in [1.29, 1.82) is 0 Å². The second kappa shape index (κ2) is 6.39. The standard InChI is InChI=1S/C17H22N2/c1-3-19(17-7-5-4-6-14(17)2)13-16-10-8-15(12-18)9-11-16/h4-11H,3,12-13,18H2,1-2H3. The molecular weight excluding hydrogens is 232 g/mol. The molecule has 19 heavy (non-hydrogen) atoms. The SMILES string of the molecule is CCN(Cc1ccc(CN)cc1)c1ccccc1C. The van der Waals surface area contributed by atoms with E-state index in [0.717, 1.165) is 13.1 Å². The Morgan fingerprint density at radius 3 is 2.16 bits per heavy atom. The Morgan fingerprint density at radius 1 is 0.947 bits per heavy atom. The van der Waals surface area contributed by atoms with Crippen LogP contribution in [0, 0.1) is 6.92 Å². The molecule has 0 saturated carbocycles. The average molecular weight is 254 g/mol. The molecule has 0 atom stereocenters. The van der Waals surface area contributed by atoms with Gasteiger partial charge in [-0.3, -0.25) is 0 Å². The summed E-state index contributed by atoms with van der Waals surface area (Å²) >= 11 is 0. The Balaban J connectivity index is 2.17. The minimum Gasteiger partial charge on any atom is -0.367 e. The van der Waals surface area contributed by atoms with Gasteiger partial charge in [-0.2, -0.15) is 0 Å². The summed E-state index contributed by atoms with van der Waals surface area (Å²) in [6, 6.07) is 17.1. The molecule has 2 aromatic rings. The van der Waals surface area contributed by atoms with E-state index < -0.39 is 0 Å². The van der Waals surface area contributed by atoms with E-state index in [2.05, 4.69) is 67.3 Å². The first-order chi connectivity index (χ1) is 9.24. The van der Waals surface area contributed by atoms with Crippen molar-refractivity contribution in [2.45, 2.75) is 26.9 Å². The summed E-state index contributed by atoms with van der Waals surface area (Å²) in [5.74, 6) is 0. The molecule has 0 bridgehead atoms. The summed E-state index contributed by atoms with van der Waals surface area (Å²) in [7, 11) is 0. The van der Waals surface area contributed by atoms with Crippen molar-refractivity contribution in [3.8, 4) is 0 Å². The molecule has 0 aliphatic heterocycles. The number of para-hydroxylation sites is 1. The number of anilines is 1. The molecule has 0 fully saturated rings. The Kier molecular flexibility index (Phi) is 4.58. The number of nitrogens with two attached hydrogens (primary N) is 1. The van der Waals surface area contributed by atoms with Gasteiger partial charge in [0.05, 0.1) is 0 Å². The minimum absolute atomic E-state index is 0.607. The number of aryl methyl sites for hydroxylation is 1. The van der Waals surface area contributed by atoms with Crippen LogP contribution in [0.15, 0.2) is 48.5 Å². The second-order valence-electron chi connectivity index (χ2n) is 4.82. The third kappa shape index (κ3) is 3.36. The summed E-state index contributed by atoms with van der Waals surface area (Å²) in [6.45, 7) is 6.90. The molecule has 0 saturated heterocycles. The van der Waals surface area contributed by atoms with E-state index in [0.29, 0.717) is 6.54 Å². The van der Waals surface area contributed by atoms with Crippen LogP contribution in [0.3, 0.4) is 0 Å². The summed E-state index contributed by atoms with van der Waals surface area (Å²) in [6.07, 6.45) is 0. The van der Waals surface area contributed by atoms with Crippen molar-refractivity contribution < 1.29 is 0 Å². The molecule has 0 unspecified atom stereocenters. The van der Waals surface area contributed by atoms with Crippen LogP contribution in [0.25, 0.3) is 0 Å². The van der Waals surface area contributed by atoms with Crippen molar-refractivity contribution in [2.75, 3.05) is 11.4 Å². The van der Waals surface area contributed by atoms with Crippen molar-refractivity contribution >= 4 is 5.69 Å². The smallest absolute Gasteiger partial charge is 0.0429 e. The Hall–Kier alpha value is -1.80. The molecular formula is C17H22N2. The van der Waals surface area contributed by atoms with Gasteiger partial charge >= 0.3 is 0 Å². The predicted octanol–water partition coefficient (Wildman–Crippen LogP) is 3.48. The zero-order chi connectivity index (χ0) is 13.7. The number of nitrogens with zero attached hydrogens (tertiary/aromatic N) is 1. The van der Waals surface area contributed by atoms with Crippen molar-refractivity contribution in [3.63, 3.8) is 0 Å².